The average Bonchev–Trinajstić information content (AvgIpc) is 3.54. The Labute approximate surface area is 175 Å². The number of carbonyl (C=O) groups is 1. The van der Waals surface area contributed by atoms with Gasteiger partial charge in [0.1, 0.15) is 5.69 Å². The summed E-state index contributed by atoms with van der Waals surface area (Å²) in [6.07, 6.45) is 2.62. The van der Waals surface area contributed by atoms with Gasteiger partial charge in [-0.05, 0) is 62.9 Å². The molecule has 0 radical (unpaired) electrons. The van der Waals surface area contributed by atoms with E-state index in [-0.39, 0.29) is 17.2 Å². The van der Waals surface area contributed by atoms with Gasteiger partial charge in [-0.25, -0.2) is 0 Å². The van der Waals surface area contributed by atoms with Crippen LogP contribution in [0.3, 0.4) is 0 Å². The first kappa shape index (κ1) is 21.4. The summed E-state index contributed by atoms with van der Waals surface area (Å²) in [5.74, 6) is 1.03. The third kappa shape index (κ3) is 5.62. The highest BCUT2D eigenvalue weighted by atomic mass is 16.6. The maximum Gasteiger partial charge on any atom is 0.293 e. The summed E-state index contributed by atoms with van der Waals surface area (Å²) in [4.78, 5) is 23.4. The van der Waals surface area contributed by atoms with Crippen molar-refractivity contribution in [2.45, 2.75) is 39.2 Å². The minimum Gasteiger partial charge on any atom is -0.490 e. The van der Waals surface area contributed by atoms with Crippen LogP contribution in [0, 0.1) is 10.1 Å². The summed E-state index contributed by atoms with van der Waals surface area (Å²) in [7, 11) is 0. The minimum atomic E-state index is -0.462. The van der Waals surface area contributed by atoms with Crippen molar-refractivity contribution in [1.82, 2.24) is 5.32 Å². The number of anilines is 1. The summed E-state index contributed by atoms with van der Waals surface area (Å²) < 4.78 is 11.2. The number of hydrogen-bond acceptors (Lipinski definition) is 6. The Morgan fingerprint density at radius 2 is 1.83 bits per heavy atom. The third-order valence-corrected chi connectivity index (χ3v) is 4.70. The van der Waals surface area contributed by atoms with Gasteiger partial charge < -0.3 is 20.1 Å². The molecule has 0 heterocycles. The Kier molecular flexibility index (Phi) is 7.11. The number of nitrogens with zero attached hydrogens (tertiary/aromatic N) is 1. The minimum absolute atomic E-state index is 0.0811. The van der Waals surface area contributed by atoms with E-state index in [1.54, 1.807) is 12.1 Å². The summed E-state index contributed by atoms with van der Waals surface area (Å²) >= 11 is 0. The van der Waals surface area contributed by atoms with E-state index >= 15 is 0 Å². The van der Waals surface area contributed by atoms with Crippen molar-refractivity contribution < 1.29 is 19.2 Å². The molecule has 8 heteroatoms. The van der Waals surface area contributed by atoms with Crippen molar-refractivity contribution >= 4 is 17.3 Å². The molecule has 0 bridgehead atoms. The fraction of sp³-hybridized carbons (Fsp3) is 0.409. The molecule has 1 aliphatic carbocycles. The molecule has 0 aromatic heterocycles. The van der Waals surface area contributed by atoms with Gasteiger partial charge in [0.2, 0.25) is 0 Å². The SMILES string of the molecule is CCOc1ccc(CCNC(=O)c2ccc(NC3CC3)c([N+](=O)[O-])c2)cc1OCC. The lowest BCUT2D eigenvalue weighted by Crippen LogP contribution is -2.25. The van der Waals surface area contributed by atoms with E-state index in [2.05, 4.69) is 10.6 Å². The van der Waals surface area contributed by atoms with Crippen LogP contribution >= 0.6 is 0 Å². The van der Waals surface area contributed by atoms with Crippen molar-refractivity contribution in [3.63, 3.8) is 0 Å². The Hall–Kier alpha value is -3.29. The molecule has 1 fully saturated rings. The number of rotatable bonds is 11. The first-order valence-corrected chi connectivity index (χ1v) is 10.2. The molecule has 2 N–H and O–H groups in total. The van der Waals surface area contributed by atoms with E-state index in [9.17, 15) is 14.9 Å². The summed E-state index contributed by atoms with van der Waals surface area (Å²) in [6, 6.07) is 10.5. The first-order chi connectivity index (χ1) is 14.5. The monoisotopic (exact) mass is 413 g/mol. The van der Waals surface area contributed by atoms with Crippen LogP contribution in [0.1, 0.15) is 42.6 Å². The van der Waals surface area contributed by atoms with Gasteiger partial charge in [-0.1, -0.05) is 6.07 Å². The number of amides is 1. The zero-order chi connectivity index (χ0) is 21.5. The number of hydrogen-bond donors (Lipinski definition) is 2. The van der Waals surface area contributed by atoms with Crippen LogP contribution in [0.4, 0.5) is 11.4 Å². The van der Waals surface area contributed by atoms with Gasteiger partial charge in [0.15, 0.2) is 11.5 Å². The molecule has 3 rings (SSSR count). The molecule has 2 aromatic carbocycles. The number of ether oxygens (including phenoxy) is 2. The van der Waals surface area contributed by atoms with Crippen molar-refractivity contribution in [2.75, 3.05) is 25.1 Å². The lowest BCUT2D eigenvalue weighted by molar-refractivity contribution is -0.384. The molecule has 8 nitrogen and oxygen atoms in total. The Balaban J connectivity index is 1.61. The van der Waals surface area contributed by atoms with Crippen molar-refractivity contribution in [3.8, 4) is 11.5 Å². The highest BCUT2D eigenvalue weighted by Gasteiger charge is 2.25. The van der Waals surface area contributed by atoms with Gasteiger partial charge in [-0.3, -0.25) is 14.9 Å². The van der Waals surface area contributed by atoms with Crippen LogP contribution in [0.25, 0.3) is 0 Å². The predicted octanol–water partition coefficient (Wildman–Crippen LogP) is 3.94. The van der Waals surface area contributed by atoms with Gasteiger partial charge >= 0.3 is 0 Å². The van der Waals surface area contributed by atoms with Crippen LogP contribution in [-0.4, -0.2) is 36.6 Å². The number of benzene rings is 2. The van der Waals surface area contributed by atoms with E-state index in [1.807, 2.05) is 32.0 Å². The lowest BCUT2D eigenvalue weighted by atomic mass is 10.1. The Bertz CT molecular complexity index is 912. The van der Waals surface area contributed by atoms with E-state index in [0.717, 1.165) is 18.4 Å². The Morgan fingerprint density at radius 1 is 1.10 bits per heavy atom. The lowest BCUT2D eigenvalue weighted by Gasteiger charge is -2.13. The molecular weight excluding hydrogens is 386 g/mol. The van der Waals surface area contributed by atoms with Crippen LogP contribution in [0.2, 0.25) is 0 Å². The largest absolute Gasteiger partial charge is 0.490 e. The molecule has 1 saturated carbocycles. The van der Waals surface area contributed by atoms with Crippen LogP contribution in [0.5, 0.6) is 11.5 Å². The molecular formula is C22H27N3O5. The molecule has 30 heavy (non-hydrogen) atoms. The second-order valence-corrected chi connectivity index (χ2v) is 7.06. The fourth-order valence-electron chi connectivity index (χ4n) is 3.07. The number of nitrogens with one attached hydrogen (secondary N) is 2. The summed E-state index contributed by atoms with van der Waals surface area (Å²) in [5, 5.41) is 17.3. The van der Waals surface area contributed by atoms with E-state index in [4.69, 9.17) is 9.47 Å². The molecule has 0 atom stereocenters. The molecule has 0 unspecified atom stereocenters. The predicted molar refractivity (Wildman–Crippen MR) is 115 cm³/mol. The zero-order valence-corrected chi connectivity index (χ0v) is 17.3. The zero-order valence-electron chi connectivity index (χ0n) is 17.3. The van der Waals surface area contributed by atoms with E-state index in [1.165, 1.54) is 6.07 Å². The quantitative estimate of drug-likeness (QED) is 0.427. The second kappa shape index (κ2) is 9.96. The molecule has 0 spiro atoms. The van der Waals surface area contributed by atoms with Gasteiger partial charge in [0.05, 0.1) is 18.1 Å². The highest BCUT2D eigenvalue weighted by molar-refractivity contribution is 5.95. The Morgan fingerprint density at radius 3 is 2.50 bits per heavy atom. The van der Waals surface area contributed by atoms with Gasteiger partial charge in [-0.2, -0.15) is 0 Å². The smallest absolute Gasteiger partial charge is 0.293 e. The average molecular weight is 413 g/mol. The topological polar surface area (TPSA) is 103 Å². The number of nitro benzene ring substituents is 1. The molecule has 160 valence electrons. The fourth-order valence-corrected chi connectivity index (χ4v) is 3.07. The number of carbonyl (C=O) groups excluding carboxylic acids is 1. The van der Waals surface area contributed by atoms with Gasteiger partial charge in [-0.15, -0.1) is 0 Å². The molecule has 1 aliphatic rings. The summed E-state index contributed by atoms with van der Waals surface area (Å²) in [5.41, 5.74) is 1.64. The molecule has 0 saturated heterocycles. The maximum atomic E-state index is 12.5. The third-order valence-electron chi connectivity index (χ3n) is 4.70. The molecule has 0 aliphatic heterocycles. The van der Waals surface area contributed by atoms with Crippen LogP contribution in [-0.2, 0) is 6.42 Å². The second-order valence-electron chi connectivity index (χ2n) is 7.06. The summed E-state index contributed by atoms with van der Waals surface area (Å²) in [6.45, 7) is 5.31. The highest BCUT2D eigenvalue weighted by Crippen LogP contribution is 2.31. The van der Waals surface area contributed by atoms with Crippen molar-refractivity contribution in [3.05, 3.63) is 57.6 Å². The normalized spacial score (nSPS) is 12.9. The van der Waals surface area contributed by atoms with Crippen LogP contribution in [0.15, 0.2) is 36.4 Å². The van der Waals surface area contributed by atoms with Gasteiger partial charge in [0, 0.05) is 24.2 Å². The molecule has 2 aromatic rings. The standard InChI is InChI=1S/C22H27N3O5/c1-3-29-20-10-5-15(13-21(20)30-4-2)11-12-23-22(26)16-6-9-18(24-17-7-8-17)19(14-16)25(27)28/h5-6,9-10,13-14,17,24H,3-4,7-8,11-12H2,1-2H3,(H,23,26). The van der Waals surface area contributed by atoms with E-state index < -0.39 is 4.92 Å². The van der Waals surface area contributed by atoms with Crippen LogP contribution < -0.4 is 20.1 Å². The number of nitro groups is 1. The van der Waals surface area contributed by atoms with E-state index in [0.29, 0.717) is 49.4 Å². The maximum absolute atomic E-state index is 12.5. The van der Waals surface area contributed by atoms with Gasteiger partial charge in [0.25, 0.3) is 11.6 Å². The molecule has 1 amide bonds. The van der Waals surface area contributed by atoms with Crippen molar-refractivity contribution in [1.29, 1.82) is 0 Å². The first-order valence-electron chi connectivity index (χ1n) is 10.2. The van der Waals surface area contributed by atoms with Crippen molar-refractivity contribution in [2.24, 2.45) is 0 Å².